The second-order valence-corrected chi connectivity index (χ2v) is 10.9. The molecule has 0 saturated heterocycles. The number of carbonyl (C=O) groups excluding carboxylic acids is 1. The molecule has 1 aromatic carbocycles. The molecule has 0 aliphatic heterocycles. The Hall–Kier alpha value is -3.36. The van der Waals surface area contributed by atoms with Gasteiger partial charge in [-0.25, -0.2) is 9.67 Å². The van der Waals surface area contributed by atoms with E-state index in [1.165, 1.54) is 29.4 Å². The number of likely N-dealkylation sites (N-methyl/N-ethyl adjacent to an activating group) is 1. The smallest absolute Gasteiger partial charge is 0.223 e. The van der Waals surface area contributed by atoms with E-state index in [-0.39, 0.29) is 11.4 Å². The summed E-state index contributed by atoms with van der Waals surface area (Å²) in [4.78, 5) is 24.0. The molecule has 1 amide bonds. The average Bonchev–Trinajstić information content (AvgIpc) is 3.40. The number of nitrogens with one attached hydrogen (secondary N) is 1. The first-order valence-electron chi connectivity index (χ1n) is 11.8. The molecule has 0 atom stereocenters. The molecular formula is C27H30N6OS. The van der Waals surface area contributed by atoms with Gasteiger partial charge in [-0.2, -0.15) is 5.10 Å². The van der Waals surface area contributed by atoms with Gasteiger partial charge < -0.3 is 10.2 Å². The van der Waals surface area contributed by atoms with Crippen molar-refractivity contribution >= 4 is 22.4 Å². The first-order valence-corrected chi connectivity index (χ1v) is 12.6. The average molecular weight is 487 g/mol. The normalized spacial score (nSPS) is 13.0. The van der Waals surface area contributed by atoms with E-state index in [0.29, 0.717) is 5.13 Å². The van der Waals surface area contributed by atoms with Crippen LogP contribution in [0.1, 0.15) is 37.6 Å². The second kappa shape index (κ2) is 9.02. The standard InChI is InChI=1S/C27H30N6OS/c1-17(34)29-26-30-22-13-12-21-23(19-7-6-14-28-16-19)31-33(24(21)25(22)35-26)20-10-8-18(9-11-20)15-27(2,3)32(4)5/h6-11,14,16H,12-13,15H2,1-5H3,(H,29,30,34). The van der Waals surface area contributed by atoms with Gasteiger partial charge >= 0.3 is 0 Å². The number of hydrogen-bond acceptors (Lipinski definition) is 6. The van der Waals surface area contributed by atoms with E-state index in [9.17, 15) is 4.79 Å². The molecule has 7 nitrogen and oxygen atoms in total. The minimum Gasteiger partial charge on any atom is -0.304 e. The Morgan fingerprint density at radius 2 is 1.94 bits per heavy atom. The molecule has 0 saturated carbocycles. The number of anilines is 1. The van der Waals surface area contributed by atoms with Crippen LogP contribution in [0.15, 0.2) is 48.8 Å². The van der Waals surface area contributed by atoms with Crippen molar-refractivity contribution < 1.29 is 4.79 Å². The molecule has 5 rings (SSSR count). The van der Waals surface area contributed by atoms with E-state index < -0.39 is 0 Å². The molecule has 0 unspecified atom stereocenters. The minimum atomic E-state index is -0.114. The highest BCUT2D eigenvalue weighted by Crippen LogP contribution is 2.44. The van der Waals surface area contributed by atoms with Crippen LogP contribution in [-0.4, -0.2) is 50.2 Å². The number of thiazole rings is 1. The minimum absolute atomic E-state index is 0.0670. The van der Waals surface area contributed by atoms with Gasteiger partial charge in [-0.3, -0.25) is 9.78 Å². The molecule has 3 heterocycles. The number of aromatic nitrogens is 4. The lowest BCUT2D eigenvalue weighted by molar-refractivity contribution is -0.114. The molecule has 1 aliphatic rings. The molecule has 180 valence electrons. The monoisotopic (exact) mass is 486 g/mol. The predicted molar refractivity (Wildman–Crippen MR) is 141 cm³/mol. The maximum atomic E-state index is 11.7. The van der Waals surface area contributed by atoms with E-state index in [1.807, 2.05) is 16.9 Å². The summed E-state index contributed by atoms with van der Waals surface area (Å²) in [6.45, 7) is 6.02. The largest absolute Gasteiger partial charge is 0.304 e. The van der Waals surface area contributed by atoms with Gasteiger partial charge in [0.2, 0.25) is 5.91 Å². The Balaban J connectivity index is 1.61. The summed E-state index contributed by atoms with van der Waals surface area (Å²) in [5, 5.41) is 8.58. The third-order valence-corrected chi connectivity index (χ3v) is 7.77. The lowest BCUT2D eigenvalue weighted by Gasteiger charge is -2.32. The van der Waals surface area contributed by atoms with Crippen molar-refractivity contribution in [2.75, 3.05) is 19.4 Å². The summed E-state index contributed by atoms with van der Waals surface area (Å²) in [7, 11) is 4.23. The van der Waals surface area contributed by atoms with Crippen molar-refractivity contribution in [3.05, 3.63) is 65.6 Å². The Bertz CT molecular complexity index is 1370. The van der Waals surface area contributed by atoms with Gasteiger partial charge in [0.25, 0.3) is 0 Å². The number of benzene rings is 1. The van der Waals surface area contributed by atoms with Crippen molar-refractivity contribution in [3.63, 3.8) is 0 Å². The number of pyridine rings is 1. The molecule has 1 aliphatic carbocycles. The zero-order chi connectivity index (χ0) is 24.7. The second-order valence-electron chi connectivity index (χ2n) is 9.86. The van der Waals surface area contributed by atoms with E-state index >= 15 is 0 Å². The van der Waals surface area contributed by atoms with Crippen LogP contribution >= 0.6 is 11.3 Å². The van der Waals surface area contributed by atoms with E-state index in [0.717, 1.165) is 52.5 Å². The van der Waals surface area contributed by atoms with Crippen molar-refractivity contribution in [3.8, 4) is 27.5 Å². The van der Waals surface area contributed by atoms with Gasteiger partial charge in [0.05, 0.1) is 27.6 Å². The summed E-state index contributed by atoms with van der Waals surface area (Å²) in [6.07, 6.45) is 6.25. The number of carbonyl (C=O) groups is 1. The van der Waals surface area contributed by atoms with Crippen LogP contribution in [0.4, 0.5) is 5.13 Å². The maximum absolute atomic E-state index is 11.7. The zero-order valence-corrected chi connectivity index (χ0v) is 21.6. The quantitative estimate of drug-likeness (QED) is 0.415. The lowest BCUT2D eigenvalue weighted by Crippen LogP contribution is -2.40. The lowest BCUT2D eigenvalue weighted by atomic mass is 9.93. The molecular weight excluding hydrogens is 456 g/mol. The van der Waals surface area contributed by atoms with Crippen LogP contribution < -0.4 is 5.32 Å². The third kappa shape index (κ3) is 4.51. The van der Waals surface area contributed by atoms with Crippen LogP contribution in [0.3, 0.4) is 0 Å². The molecule has 3 aromatic heterocycles. The summed E-state index contributed by atoms with van der Waals surface area (Å²) in [6, 6.07) is 12.7. The summed E-state index contributed by atoms with van der Waals surface area (Å²) in [5.74, 6) is -0.114. The highest BCUT2D eigenvalue weighted by Gasteiger charge is 2.30. The Kier molecular flexibility index (Phi) is 6.02. The fourth-order valence-electron chi connectivity index (χ4n) is 4.41. The number of amides is 1. The fraction of sp³-hybridized carbons (Fsp3) is 0.333. The zero-order valence-electron chi connectivity index (χ0n) is 20.8. The Morgan fingerprint density at radius 1 is 1.17 bits per heavy atom. The molecule has 8 heteroatoms. The predicted octanol–water partition coefficient (Wildman–Crippen LogP) is 5.00. The van der Waals surface area contributed by atoms with Crippen LogP contribution in [0.2, 0.25) is 0 Å². The number of nitrogens with zero attached hydrogens (tertiary/aromatic N) is 5. The molecule has 35 heavy (non-hydrogen) atoms. The van der Waals surface area contributed by atoms with Crippen LogP contribution in [-0.2, 0) is 24.1 Å². The van der Waals surface area contributed by atoms with Gasteiger partial charge in [0.15, 0.2) is 5.13 Å². The van der Waals surface area contributed by atoms with Gasteiger partial charge in [-0.05, 0) is 77.0 Å². The van der Waals surface area contributed by atoms with Crippen LogP contribution in [0.25, 0.3) is 27.5 Å². The molecule has 4 aromatic rings. The molecule has 1 N–H and O–H groups in total. The molecule has 0 bridgehead atoms. The van der Waals surface area contributed by atoms with Crippen molar-refractivity contribution in [2.45, 2.75) is 45.6 Å². The van der Waals surface area contributed by atoms with Gasteiger partial charge in [-0.15, -0.1) is 0 Å². The van der Waals surface area contributed by atoms with Crippen LogP contribution in [0, 0.1) is 0 Å². The topological polar surface area (TPSA) is 75.9 Å². The summed E-state index contributed by atoms with van der Waals surface area (Å²) < 4.78 is 2.03. The molecule has 0 spiro atoms. The van der Waals surface area contributed by atoms with Gasteiger partial charge in [0, 0.05) is 36.0 Å². The van der Waals surface area contributed by atoms with E-state index in [1.54, 1.807) is 6.20 Å². The van der Waals surface area contributed by atoms with Crippen molar-refractivity contribution in [2.24, 2.45) is 0 Å². The van der Waals surface area contributed by atoms with Crippen molar-refractivity contribution in [1.29, 1.82) is 0 Å². The van der Waals surface area contributed by atoms with Gasteiger partial charge in [-0.1, -0.05) is 23.5 Å². The van der Waals surface area contributed by atoms with Crippen LogP contribution in [0.5, 0.6) is 0 Å². The van der Waals surface area contributed by atoms with E-state index in [2.05, 4.69) is 73.5 Å². The fourth-order valence-corrected chi connectivity index (χ4v) is 5.52. The van der Waals surface area contributed by atoms with Gasteiger partial charge in [0.1, 0.15) is 0 Å². The third-order valence-electron chi connectivity index (χ3n) is 6.75. The Morgan fingerprint density at radius 3 is 2.60 bits per heavy atom. The van der Waals surface area contributed by atoms with E-state index in [4.69, 9.17) is 10.1 Å². The first kappa shape index (κ1) is 23.4. The number of rotatable bonds is 6. The summed E-state index contributed by atoms with van der Waals surface area (Å²) >= 11 is 1.51. The number of fused-ring (bicyclic) bond motifs is 3. The summed E-state index contributed by atoms with van der Waals surface area (Å²) in [5.41, 5.74) is 7.57. The maximum Gasteiger partial charge on any atom is 0.223 e. The number of aryl methyl sites for hydroxylation is 1. The number of hydrogen-bond donors (Lipinski definition) is 1. The molecule has 0 radical (unpaired) electrons. The highest BCUT2D eigenvalue weighted by atomic mass is 32.1. The first-order chi connectivity index (χ1) is 16.7. The van der Waals surface area contributed by atoms with Crippen molar-refractivity contribution in [1.82, 2.24) is 24.6 Å². The molecule has 0 fully saturated rings. The Labute approximate surface area is 209 Å². The SMILES string of the molecule is CC(=O)Nc1nc2c(s1)-c1c(c(-c3cccnc3)nn1-c1ccc(CC(C)(C)N(C)C)cc1)CC2. The highest BCUT2D eigenvalue weighted by molar-refractivity contribution is 7.19.